The molecule has 0 spiro atoms. The molecule has 1 heterocycles. The summed E-state index contributed by atoms with van der Waals surface area (Å²) in [5, 5.41) is 9.19. The minimum Gasteiger partial charge on any atom is -0.508 e. The molecule has 0 radical (unpaired) electrons. The van der Waals surface area contributed by atoms with E-state index in [4.69, 9.17) is 10.5 Å². The van der Waals surface area contributed by atoms with Crippen molar-refractivity contribution in [2.24, 2.45) is 0 Å². The quantitative estimate of drug-likeness (QED) is 0.611. The van der Waals surface area contributed by atoms with Gasteiger partial charge in [-0.1, -0.05) is 6.07 Å². The normalized spacial score (nSPS) is 10.0. The molecule has 2 aromatic rings. The first-order valence-electron chi connectivity index (χ1n) is 4.38. The number of benzene rings is 1. The van der Waals surface area contributed by atoms with Gasteiger partial charge in [-0.15, -0.1) is 0 Å². The number of phenols is 1. The summed E-state index contributed by atoms with van der Waals surface area (Å²) in [6.45, 7) is 0. The summed E-state index contributed by atoms with van der Waals surface area (Å²) in [7, 11) is 0. The van der Waals surface area contributed by atoms with Gasteiger partial charge in [-0.2, -0.15) is 4.37 Å². The summed E-state index contributed by atoms with van der Waals surface area (Å²) in [5.41, 5.74) is 5.81. The van der Waals surface area contributed by atoms with Gasteiger partial charge in [0.2, 0.25) is 0 Å². The van der Waals surface area contributed by atoms with Crippen molar-refractivity contribution in [1.82, 2.24) is 4.37 Å². The zero-order chi connectivity index (χ0) is 11.5. The molecule has 0 aliphatic rings. The third-order valence-corrected chi connectivity index (χ3v) is 2.61. The SMILES string of the molecule is Nc1cnsc1C(=O)Oc1cccc(O)c1. The molecule has 2 rings (SSSR count). The molecular formula is C10H8N2O3S. The average molecular weight is 236 g/mol. The van der Waals surface area contributed by atoms with E-state index in [1.54, 1.807) is 12.1 Å². The van der Waals surface area contributed by atoms with Crippen molar-refractivity contribution in [3.05, 3.63) is 35.3 Å². The highest BCUT2D eigenvalue weighted by atomic mass is 32.1. The van der Waals surface area contributed by atoms with Crippen molar-refractivity contribution in [1.29, 1.82) is 0 Å². The van der Waals surface area contributed by atoms with Crippen LogP contribution >= 0.6 is 11.5 Å². The summed E-state index contributed by atoms with van der Waals surface area (Å²) < 4.78 is 8.78. The molecule has 6 heteroatoms. The molecule has 82 valence electrons. The van der Waals surface area contributed by atoms with E-state index in [9.17, 15) is 9.90 Å². The number of carbonyl (C=O) groups excluding carboxylic acids is 1. The first-order valence-corrected chi connectivity index (χ1v) is 5.15. The molecular weight excluding hydrogens is 228 g/mol. The van der Waals surface area contributed by atoms with E-state index in [1.165, 1.54) is 18.3 Å². The standard InChI is InChI=1S/C10H8N2O3S/c11-8-5-12-16-9(8)10(14)15-7-3-1-2-6(13)4-7/h1-5,13H,11H2. The highest BCUT2D eigenvalue weighted by Gasteiger charge is 2.14. The van der Waals surface area contributed by atoms with Crippen LogP contribution in [0.15, 0.2) is 30.5 Å². The lowest BCUT2D eigenvalue weighted by molar-refractivity contribution is 0.0740. The number of ether oxygens (including phenoxy) is 1. The van der Waals surface area contributed by atoms with Crippen LogP contribution in [0.25, 0.3) is 0 Å². The first-order chi connectivity index (χ1) is 7.66. The minimum absolute atomic E-state index is 0.0302. The number of nitrogens with two attached hydrogens (primary N) is 1. The Kier molecular flexibility index (Phi) is 2.74. The Morgan fingerprint density at radius 2 is 2.31 bits per heavy atom. The van der Waals surface area contributed by atoms with Gasteiger partial charge < -0.3 is 15.6 Å². The Morgan fingerprint density at radius 1 is 1.50 bits per heavy atom. The number of aromatic hydroxyl groups is 1. The maximum atomic E-state index is 11.6. The molecule has 0 aliphatic heterocycles. The van der Waals surface area contributed by atoms with Gasteiger partial charge in [0.15, 0.2) is 4.88 Å². The molecule has 0 atom stereocenters. The van der Waals surface area contributed by atoms with Gasteiger partial charge in [0, 0.05) is 6.07 Å². The molecule has 0 saturated heterocycles. The van der Waals surface area contributed by atoms with Crippen LogP contribution < -0.4 is 10.5 Å². The van der Waals surface area contributed by atoms with Gasteiger partial charge in [-0.05, 0) is 23.7 Å². The number of hydrogen-bond acceptors (Lipinski definition) is 6. The van der Waals surface area contributed by atoms with Gasteiger partial charge in [0.1, 0.15) is 11.5 Å². The summed E-state index contributed by atoms with van der Waals surface area (Å²) in [4.78, 5) is 11.8. The van der Waals surface area contributed by atoms with Crippen LogP contribution in [0.5, 0.6) is 11.5 Å². The molecule has 1 aromatic heterocycles. The van der Waals surface area contributed by atoms with E-state index >= 15 is 0 Å². The van der Waals surface area contributed by atoms with Crippen LogP contribution in [0.3, 0.4) is 0 Å². The fraction of sp³-hybridized carbons (Fsp3) is 0. The number of hydrogen-bond donors (Lipinski definition) is 2. The second-order valence-corrected chi connectivity index (χ2v) is 3.80. The molecule has 0 fully saturated rings. The lowest BCUT2D eigenvalue weighted by Gasteiger charge is -2.02. The van der Waals surface area contributed by atoms with Crippen LogP contribution in [-0.2, 0) is 0 Å². The highest BCUT2D eigenvalue weighted by Crippen LogP contribution is 2.21. The van der Waals surface area contributed by atoms with Gasteiger partial charge in [-0.25, -0.2) is 4.79 Å². The maximum absolute atomic E-state index is 11.6. The van der Waals surface area contributed by atoms with Crippen molar-refractivity contribution in [3.63, 3.8) is 0 Å². The Bertz CT molecular complexity index is 524. The van der Waals surface area contributed by atoms with E-state index in [-0.39, 0.29) is 22.1 Å². The van der Waals surface area contributed by atoms with E-state index in [0.29, 0.717) is 0 Å². The largest absolute Gasteiger partial charge is 0.508 e. The average Bonchev–Trinajstić information content (AvgIpc) is 2.64. The first kappa shape index (κ1) is 10.4. The number of aromatic nitrogens is 1. The second kappa shape index (κ2) is 4.19. The maximum Gasteiger partial charge on any atom is 0.357 e. The molecule has 0 saturated carbocycles. The van der Waals surface area contributed by atoms with Gasteiger partial charge >= 0.3 is 5.97 Å². The Balaban J connectivity index is 2.17. The van der Waals surface area contributed by atoms with Crippen molar-refractivity contribution in [3.8, 4) is 11.5 Å². The molecule has 1 aromatic carbocycles. The molecule has 0 unspecified atom stereocenters. The molecule has 0 amide bonds. The number of anilines is 1. The summed E-state index contributed by atoms with van der Waals surface area (Å²) in [6.07, 6.45) is 1.39. The van der Waals surface area contributed by atoms with E-state index in [1.807, 2.05) is 0 Å². The monoisotopic (exact) mass is 236 g/mol. The Hall–Kier alpha value is -2.08. The lowest BCUT2D eigenvalue weighted by atomic mass is 10.3. The number of carbonyl (C=O) groups is 1. The third kappa shape index (κ3) is 2.12. The number of phenolic OH excluding ortho intramolecular Hbond substituents is 1. The van der Waals surface area contributed by atoms with Gasteiger partial charge in [0.05, 0.1) is 11.9 Å². The third-order valence-electron chi connectivity index (χ3n) is 1.81. The number of nitrogens with zero attached hydrogens (tertiary/aromatic N) is 1. The van der Waals surface area contributed by atoms with Crippen molar-refractivity contribution in [2.75, 3.05) is 5.73 Å². The van der Waals surface area contributed by atoms with Crippen LogP contribution in [0.2, 0.25) is 0 Å². The minimum atomic E-state index is -0.578. The summed E-state index contributed by atoms with van der Waals surface area (Å²) >= 11 is 0.969. The van der Waals surface area contributed by atoms with E-state index in [2.05, 4.69) is 4.37 Å². The van der Waals surface area contributed by atoms with Crippen molar-refractivity contribution < 1.29 is 14.6 Å². The number of esters is 1. The van der Waals surface area contributed by atoms with E-state index < -0.39 is 5.97 Å². The lowest BCUT2D eigenvalue weighted by Crippen LogP contribution is -2.08. The molecule has 0 bridgehead atoms. The highest BCUT2D eigenvalue weighted by molar-refractivity contribution is 7.08. The van der Waals surface area contributed by atoms with E-state index in [0.717, 1.165) is 11.5 Å². The molecule has 3 N–H and O–H groups in total. The topological polar surface area (TPSA) is 85.4 Å². The molecule has 0 aliphatic carbocycles. The smallest absolute Gasteiger partial charge is 0.357 e. The zero-order valence-electron chi connectivity index (χ0n) is 8.08. The number of rotatable bonds is 2. The molecule has 5 nitrogen and oxygen atoms in total. The summed E-state index contributed by atoms with van der Waals surface area (Å²) in [6, 6.07) is 5.97. The Morgan fingerprint density at radius 3 is 2.94 bits per heavy atom. The van der Waals surface area contributed by atoms with Gasteiger partial charge in [0.25, 0.3) is 0 Å². The molecule has 16 heavy (non-hydrogen) atoms. The number of nitrogen functional groups attached to an aromatic ring is 1. The predicted molar refractivity (Wildman–Crippen MR) is 59.6 cm³/mol. The van der Waals surface area contributed by atoms with Crippen LogP contribution in [-0.4, -0.2) is 15.4 Å². The van der Waals surface area contributed by atoms with Crippen LogP contribution in [0.4, 0.5) is 5.69 Å². The van der Waals surface area contributed by atoms with Crippen molar-refractivity contribution >= 4 is 23.2 Å². The summed E-state index contributed by atoms with van der Waals surface area (Å²) in [5.74, 6) is -0.286. The fourth-order valence-corrected chi connectivity index (χ4v) is 1.65. The van der Waals surface area contributed by atoms with Crippen molar-refractivity contribution in [2.45, 2.75) is 0 Å². The Labute approximate surface area is 95.3 Å². The zero-order valence-corrected chi connectivity index (χ0v) is 8.90. The second-order valence-electron chi connectivity index (χ2n) is 3.00. The van der Waals surface area contributed by atoms with Gasteiger partial charge in [-0.3, -0.25) is 0 Å². The van der Waals surface area contributed by atoms with Crippen LogP contribution in [0.1, 0.15) is 9.67 Å². The fourth-order valence-electron chi connectivity index (χ4n) is 1.10. The van der Waals surface area contributed by atoms with Crippen LogP contribution in [0, 0.1) is 0 Å². The predicted octanol–water partition coefficient (Wildman–Crippen LogP) is 1.65.